The molecule has 3 rings (SSSR count). The largest absolute Gasteiger partial charge is 0.457 e. The highest BCUT2D eigenvalue weighted by Gasteiger charge is 2.44. The number of carbonyl (C=O) groups excluding carboxylic acids is 2. The zero-order chi connectivity index (χ0) is 15.7. The fourth-order valence-electron chi connectivity index (χ4n) is 3.47. The Kier molecular flexibility index (Phi) is 3.93. The van der Waals surface area contributed by atoms with Crippen molar-refractivity contribution < 1.29 is 14.3 Å². The van der Waals surface area contributed by atoms with E-state index >= 15 is 0 Å². The van der Waals surface area contributed by atoms with Crippen molar-refractivity contribution in [3.8, 4) is 0 Å². The maximum absolute atomic E-state index is 12.6. The van der Waals surface area contributed by atoms with Crippen LogP contribution in [0.4, 0.5) is 0 Å². The number of carbonyl (C=O) groups is 2. The third-order valence-electron chi connectivity index (χ3n) is 4.58. The number of amides is 1. The Morgan fingerprint density at radius 2 is 2.27 bits per heavy atom. The van der Waals surface area contributed by atoms with Crippen LogP contribution in [0.3, 0.4) is 0 Å². The molecule has 1 amide bonds. The Balaban J connectivity index is 1.67. The van der Waals surface area contributed by atoms with E-state index in [-0.39, 0.29) is 17.8 Å². The van der Waals surface area contributed by atoms with E-state index in [0.717, 1.165) is 31.6 Å². The van der Waals surface area contributed by atoms with Crippen molar-refractivity contribution in [2.75, 3.05) is 13.1 Å². The van der Waals surface area contributed by atoms with Gasteiger partial charge in [-0.25, -0.2) is 4.98 Å². The van der Waals surface area contributed by atoms with Gasteiger partial charge in [0.05, 0.1) is 6.54 Å². The van der Waals surface area contributed by atoms with Crippen LogP contribution in [-0.2, 0) is 20.9 Å². The highest BCUT2D eigenvalue weighted by Crippen LogP contribution is 2.35. The van der Waals surface area contributed by atoms with Crippen LogP contribution in [-0.4, -0.2) is 45.0 Å². The SMILES string of the molecule is CC(C)c1nccn1CC(=O)N1CCC[C@]2(CCC(=O)O2)C1. The monoisotopic (exact) mass is 305 g/mol. The van der Waals surface area contributed by atoms with Crippen LogP contribution in [0.15, 0.2) is 12.4 Å². The highest BCUT2D eigenvalue weighted by molar-refractivity contribution is 5.77. The Labute approximate surface area is 130 Å². The van der Waals surface area contributed by atoms with Crippen LogP contribution in [0.5, 0.6) is 0 Å². The van der Waals surface area contributed by atoms with Gasteiger partial charge in [-0.2, -0.15) is 0 Å². The first kappa shape index (κ1) is 15.1. The minimum absolute atomic E-state index is 0.0712. The van der Waals surface area contributed by atoms with E-state index in [0.29, 0.717) is 19.5 Å². The second-order valence-electron chi connectivity index (χ2n) is 6.64. The Bertz CT molecular complexity index is 581. The summed E-state index contributed by atoms with van der Waals surface area (Å²) in [6, 6.07) is 0. The summed E-state index contributed by atoms with van der Waals surface area (Å²) in [6.45, 7) is 5.71. The van der Waals surface area contributed by atoms with E-state index in [1.54, 1.807) is 6.20 Å². The van der Waals surface area contributed by atoms with Crippen molar-refractivity contribution in [1.29, 1.82) is 0 Å². The normalized spacial score (nSPS) is 25.0. The van der Waals surface area contributed by atoms with Crippen molar-refractivity contribution >= 4 is 11.9 Å². The quantitative estimate of drug-likeness (QED) is 0.797. The Morgan fingerprint density at radius 1 is 1.45 bits per heavy atom. The maximum atomic E-state index is 12.6. The molecule has 6 nitrogen and oxygen atoms in total. The first-order valence-electron chi connectivity index (χ1n) is 8.00. The molecular weight excluding hydrogens is 282 g/mol. The van der Waals surface area contributed by atoms with Crippen LogP contribution < -0.4 is 0 Å². The second kappa shape index (κ2) is 5.74. The molecule has 0 saturated carbocycles. The summed E-state index contributed by atoms with van der Waals surface area (Å²) in [5.74, 6) is 1.14. The number of ether oxygens (including phenoxy) is 1. The Hall–Kier alpha value is -1.85. The molecule has 0 aliphatic carbocycles. The molecular formula is C16H23N3O3. The lowest BCUT2D eigenvalue weighted by atomic mass is 9.90. The van der Waals surface area contributed by atoms with Gasteiger partial charge in [-0.3, -0.25) is 9.59 Å². The fourth-order valence-corrected chi connectivity index (χ4v) is 3.47. The number of likely N-dealkylation sites (tertiary alicyclic amines) is 1. The summed E-state index contributed by atoms with van der Waals surface area (Å²) < 4.78 is 7.43. The molecule has 0 radical (unpaired) electrons. The van der Waals surface area contributed by atoms with Gasteiger partial charge in [0.25, 0.3) is 0 Å². The van der Waals surface area contributed by atoms with Crippen molar-refractivity contribution in [3.05, 3.63) is 18.2 Å². The molecule has 0 unspecified atom stereocenters. The first-order chi connectivity index (χ1) is 10.5. The van der Waals surface area contributed by atoms with Gasteiger partial charge in [-0.1, -0.05) is 13.8 Å². The minimum Gasteiger partial charge on any atom is -0.457 e. The average molecular weight is 305 g/mol. The lowest BCUT2D eigenvalue weighted by molar-refractivity contribution is -0.157. The third-order valence-corrected chi connectivity index (χ3v) is 4.58. The molecule has 0 N–H and O–H groups in total. The highest BCUT2D eigenvalue weighted by atomic mass is 16.6. The van der Waals surface area contributed by atoms with Crippen LogP contribution >= 0.6 is 0 Å². The standard InChI is InChI=1S/C16H23N3O3/c1-12(2)15-17-7-9-18(15)10-13(20)19-8-3-5-16(11-19)6-4-14(21)22-16/h7,9,12H,3-6,8,10-11H2,1-2H3/t16-/m0/s1. The molecule has 2 fully saturated rings. The number of aromatic nitrogens is 2. The molecule has 2 saturated heterocycles. The van der Waals surface area contributed by atoms with E-state index < -0.39 is 5.60 Å². The van der Waals surface area contributed by atoms with Gasteiger partial charge in [0, 0.05) is 31.3 Å². The summed E-state index contributed by atoms with van der Waals surface area (Å²) in [5, 5.41) is 0. The van der Waals surface area contributed by atoms with E-state index in [2.05, 4.69) is 18.8 Å². The van der Waals surface area contributed by atoms with Gasteiger partial charge in [-0.05, 0) is 19.3 Å². The van der Waals surface area contributed by atoms with Crippen molar-refractivity contribution in [3.63, 3.8) is 0 Å². The molecule has 6 heteroatoms. The van der Waals surface area contributed by atoms with Crippen molar-refractivity contribution in [1.82, 2.24) is 14.5 Å². The number of esters is 1. The third kappa shape index (κ3) is 2.87. The van der Waals surface area contributed by atoms with Crippen LogP contribution in [0.25, 0.3) is 0 Å². The molecule has 1 aromatic rings. The predicted octanol–water partition coefficient (Wildman–Crippen LogP) is 1.70. The van der Waals surface area contributed by atoms with Crippen LogP contribution in [0.1, 0.15) is 51.3 Å². The molecule has 120 valence electrons. The average Bonchev–Trinajstić information content (AvgIpc) is 3.06. The predicted molar refractivity (Wildman–Crippen MR) is 80.2 cm³/mol. The van der Waals surface area contributed by atoms with Crippen LogP contribution in [0, 0.1) is 0 Å². The molecule has 0 aromatic carbocycles. The summed E-state index contributed by atoms with van der Waals surface area (Å²) >= 11 is 0. The van der Waals surface area contributed by atoms with E-state index in [1.165, 1.54) is 0 Å². The summed E-state index contributed by atoms with van der Waals surface area (Å²) in [5.41, 5.74) is -0.430. The molecule has 2 aliphatic heterocycles. The number of rotatable bonds is 3. The zero-order valence-corrected chi connectivity index (χ0v) is 13.2. The number of nitrogens with zero attached hydrogens (tertiary/aromatic N) is 3. The lowest BCUT2D eigenvalue weighted by Gasteiger charge is -2.39. The van der Waals surface area contributed by atoms with E-state index in [1.807, 2.05) is 15.7 Å². The number of hydrogen-bond acceptors (Lipinski definition) is 4. The van der Waals surface area contributed by atoms with Crippen LogP contribution in [0.2, 0.25) is 0 Å². The van der Waals surface area contributed by atoms with Gasteiger partial charge in [0.1, 0.15) is 18.0 Å². The smallest absolute Gasteiger partial charge is 0.306 e. The maximum Gasteiger partial charge on any atom is 0.306 e. The van der Waals surface area contributed by atoms with Gasteiger partial charge in [0.2, 0.25) is 5.91 Å². The minimum atomic E-state index is -0.430. The second-order valence-corrected chi connectivity index (χ2v) is 6.64. The molecule has 3 heterocycles. The number of piperidine rings is 1. The fraction of sp³-hybridized carbons (Fsp3) is 0.688. The Morgan fingerprint density at radius 3 is 2.95 bits per heavy atom. The van der Waals surface area contributed by atoms with Gasteiger partial charge in [0.15, 0.2) is 0 Å². The molecule has 1 aromatic heterocycles. The lowest BCUT2D eigenvalue weighted by Crippen LogP contribution is -2.51. The van der Waals surface area contributed by atoms with Gasteiger partial charge < -0.3 is 14.2 Å². The molecule has 0 bridgehead atoms. The molecule has 2 aliphatic rings. The van der Waals surface area contributed by atoms with Crippen molar-refractivity contribution in [2.45, 2.75) is 57.6 Å². The summed E-state index contributed by atoms with van der Waals surface area (Å²) in [4.78, 5) is 30.2. The molecule has 22 heavy (non-hydrogen) atoms. The van der Waals surface area contributed by atoms with Gasteiger partial charge in [-0.15, -0.1) is 0 Å². The topological polar surface area (TPSA) is 64.4 Å². The molecule has 1 atom stereocenters. The first-order valence-corrected chi connectivity index (χ1v) is 8.00. The zero-order valence-electron chi connectivity index (χ0n) is 13.2. The van der Waals surface area contributed by atoms with Crippen molar-refractivity contribution in [2.24, 2.45) is 0 Å². The number of imidazole rings is 1. The van der Waals surface area contributed by atoms with E-state index in [9.17, 15) is 9.59 Å². The summed E-state index contributed by atoms with van der Waals surface area (Å²) in [7, 11) is 0. The number of hydrogen-bond donors (Lipinski definition) is 0. The van der Waals surface area contributed by atoms with E-state index in [4.69, 9.17) is 4.74 Å². The van der Waals surface area contributed by atoms with Gasteiger partial charge >= 0.3 is 5.97 Å². The molecule has 1 spiro atoms. The summed E-state index contributed by atoms with van der Waals surface area (Å²) in [6.07, 6.45) is 6.55.